The lowest BCUT2D eigenvalue weighted by Gasteiger charge is -2.11. The lowest BCUT2D eigenvalue weighted by Crippen LogP contribution is -2.25. The summed E-state index contributed by atoms with van der Waals surface area (Å²) in [7, 11) is 6.44. The first-order valence-corrected chi connectivity index (χ1v) is 14.2. The number of aliphatic hydroxyl groups is 4. The van der Waals surface area contributed by atoms with Gasteiger partial charge in [0.1, 0.15) is 24.4 Å². The molecule has 0 radical (unpaired) electrons. The number of hydrogen-bond donors (Lipinski definition) is 4. The highest BCUT2D eigenvalue weighted by Gasteiger charge is 2.33. The van der Waals surface area contributed by atoms with Gasteiger partial charge < -0.3 is 58.3 Å². The summed E-state index contributed by atoms with van der Waals surface area (Å²) >= 11 is 0. The Bertz CT molecular complexity index is 524. The average molecular weight is 585 g/mol. The molecule has 12 atom stereocenters. The molecule has 4 saturated heterocycles. The second-order valence-electron chi connectivity index (χ2n) is 11.0. The number of hydrogen-bond acceptors (Lipinski definition) is 12. The lowest BCUT2D eigenvalue weighted by atomic mass is 10.1. The van der Waals surface area contributed by atoms with E-state index < -0.39 is 0 Å². The van der Waals surface area contributed by atoms with E-state index in [-0.39, 0.29) is 73.2 Å². The van der Waals surface area contributed by atoms with Crippen molar-refractivity contribution in [3.63, 3.8) is 0 Å². The summed E-state index contributed by atoms with van der Waals surface area (Å²) in [5, 5.41) is 37.1. The minimum absolute atomic E-state index is 0.111. The zero-order valence-electron chi connectivity index (χ0n) is 25.6. The van der Waals surface area contributed by atoms with Crippen molar-refractivity contribution in [2.24, 2.45) is 0 Å². The van der Waals surface area contributed by atoms with Gasteiger partial charge in [-0.3, -0.25) is 0 Å². The summed E-state index contributed by atoms with van der Waals surface area (Å²) in [5.74, 6) is 0. The van der Waals surface area contributed by atoms with E-state index in [1.54, 1.807) is 28.4 Å². The summed E-state index contributed by atoms with van der Waals surface area (Å²) < 4.78 is 40.8. The quantitative estimate of drug-likeness (QED) is 0.317. The first-order chi connectivity index (χ1) is 18.9. The molecule has 4 aliphatic heterocycles. The second kappa shape index (κ2) is 20.4. The molecule has 0 aliphatic carbocycles. The van der Waals surface area contributed by atoms with E-state index in [0.717, 1.165) is 25.7 Å². The Labute approximate surface area is 240 Å². The Morgan fingerprint density at radius 1 is 0.425 bits per heavy atom. The van der Waals surface area contributed by atoms with E-state index >= 15 is 0 Å². The highest BCUT2D eigenvalue weighted by atomic mass is 16.6. The highest BCUT2D eigenvalue weighted by molar-refractivity contribution is 4.81. The maximum absolute atomic E-state index is 9.29. The fraction of sp³-hybridized carbons (Fsp3) is 1.00. The third-order valence-electron chi connectivity index (χ3n) is 6.96. The first-order valence-electron chi connectivity index (χ1n) is 14.2. The van der Waals surface area contributed by atoms with Gasteiger partial charge in [-0.25, -0.2) is 0 Å². The molecule has 4 N–H and O–H groups in total. The van der Waals surface area contributed by atoms with Crippen LogP contribution >= 0.6 is 0 Å². The van der Waals surface area contributed by atoms with Crippen LogP contribution in [0.15, 0.2) is 0 Å². The second-order valence-corrected chi connectivity index (χ2v) is 11.0. The lowest BCUT2D eigenvalue weighted by molar-refractivity contribution is -0.0288. The van der Waals surface area contributed by atoms with Crippen molar-refractivity contribution in [1.82, 2.24) is 0 Å². The molecule has 4 aliphatic rings. The molecule has 4 rings (SSSR count). The first kappa shape index (κ1) is 37.5. The molecule has 40 heavy (non-hydrogen) atoms. The normalized spacial score (nSPS) is 40.5. The minimum Gasteiger partial charge on any atom is -0.390 e. The fourth-order valence-electron chi connectivity index (χ4n) is 5.00. The zero-order chi connectivity index (χ0) is 30.2. The van der Waals surface area contributed by atoms with Crippen molar-refractivity contribution < 1.29 is 58.3 Å². The molecule has 0 aromatic rings. The van der Waals surface area contributed by atoms with E-state index in [1.165, 1.54) is 0 Å². The van der Waals surface area contributed by atoms with Crippen molar-refractivity contribution in [1.29, 1.82) is 0 Å². The van der Waals surface area contributed by atoms with Crippen LogP contribution in [-0.2, 0) is 37.9 Å². The van der Waals surface area contributed by atoms with E-state index in [4.69, 9.17) is 37.9 Å². The van der Waals surface area contributed by atoms with E-state index in [2.05, 4.69) is 0 Å². The van der Waals surface area contributed by atoms with Crippen LogP contribution in [0.25, 0.3) is 0 Å². The molecule has 4 fully saturated rings. The van der Waals surface area contributed by atoms with Crippen molar-refractivity contribution in [3.8, 4) is 0 Å². The van der Waals surface area contributed by atoms with Gasteiger partial charge in [-0.2, -0.15) is 0 Å². The van der Waals surface area contributed by atoms with Gasteiger partial charge in [-0.05, 0) is 27.7 Å². The van der Waals surface area contributed by atoms with Crippen LogP contribution in [-0.4, -0.2) is 149 Å². The molecular formula is C28H56O12. The van der Waals surface area contributed by atoms with E-state index in [1.807, 2.05) is 27.7 Å². The standard InChI is InChI=1S/4C7H14O3/c4*1-5-3-6(8)7(10-5)4-9-2/h4*5-8H,3-4H2,1-2H3/t2*5-,6?,7+;2*5-,6?,7-/m1010/s1. The summed E-state index contributed by atoms with van der Waals surface area (Å²) in [6.45, 7) is 9.80. The minimum atomic E-state index is -0.338. The third-order valence-corrected chi connectivity index (χ3v) is 6.96. The van der Waals surface area contributed by atoms with Crippen LogP contribution in [0.1, 0.15) is 53.4 Å². The van der Waals surface area contributed by atoms with Crippen molar-refractivity contribution in [2.45, 2.75) is 127 Å². The van der Waals surface area contributed by atoms with Crippen LogP contribution in [0.5, 0.6) is 0 Å². The summed E-state index contributed by atoms with van der Waals surface area (Å²) in [4.78, 5) is 0. The third kappa shape index (κ3) is 14.1. The van der Waals surface area contributed by atoms with Gasteiger partial charge in [-0.15, -0.1) is 0 Å². The van der Waals surface area contributed by atoms with Crippen LogP contribution in [0.2, 0.25) is 0 Å². The largest absolute Gasteiger partial charge is 0.390 e. The molecule has 240 valence electrons. The van der Waals surface area contributed by atoms with Gasteiger partial charge in [0.05, 0.1) is 75.3 Å². The fourth-order valence-corrected chi connectivity index (χ4v) is 5.00. The van der Waals surface area contributed by atoms with Crippen LogP contribution < -0.4 is 0 Å². The van der Waals surface area contributed by atoms with Gasteiger partial charge in [0, 0.05) is 54.1 Å². The number of ether oxygens (including phenoxy) is 8. The molecule has 0 spiro atoms. The monoisotopic (exact) mass is 584 g/mol. The SMILES string of the molecule is COC[C@@H]1O[C@@H](C)CC1O.COC[C@@H]1O[C@H](C)CC1O.COC[C@H]1O[C@@H](C)CC1O.COC[C@H]1O[C@H](C)CC1O. The Morgan fingerprint density at radius 3 is 0.700 bits per heavy atom. The molecule has 0 saturated carbocycles. The maximum atomic E-state index is 9.29. The predicted octanol–water partition coefficient (Wildman–Crippen LogP) is 0.684. The predicted molar refractivity (Wildman–Crippen MR) is 147 cm³/mol. The highest BCUT2D eigenvalue weighted by Crippen LogP contribution is 2.22. The molecule has 4 unspecified atom stereocenters. The van der Waals surface area contributed by atoms with Crippen molar-refractivity contribution in [3.05, 3.63) is 0 Å². The van der Waals surface area contributed by atoms with Gasteiger partial charge >= 0.3 is 0 Å². The zero-order valence-corrected chi connectivity index (χ0v) is 25.6. The van der Waals surface area contributed by atoms with E-state index in [9.17, 15) is 20.4 Å². The number of rotatable bonds is 8. The van der Waals surface area contributed by atoms with Gasteiger partial charge in [0.2, 0.25) is 0 Å². The molecule has 4 heterocycles. The van der Waals surface area contributed by atoms with Gasteiger partial charge in [0.25, 0.3) is 0 Å². The average Bonchev–Trinajstić information content (AvgIpc) is 3.58. The summed E-state index contributed by atoms with van der Waals surface area (Å²) in [6, 6.07) is 0. The van der Waals surface area contributed by atoms with Crippen molar-refractivity contribution in [2.75, 3.05) is 54.9 Å². The molecule has 0 amide bonds. The molecule has 0 aromatic carbocycles. The van der Waals surface area contributed by atoms with Crippen LogP contribution in [0, 0.1) is 0 Å². The maximum Gasteiger partial charge on any atom is 0.107 e. The Hall–Kier alpha value is -0.480. The van der Waals surface area contributed by atoms with Gasteiger partial charge in [-0.1, -0.05) is 0 Å². The number of aliphatic hydroxyl groups excluding tert-OH is 4. The molecular weight excluding hydrogens is 528 g/mol. The van der Waals surface area contributed by atoms with Crippen molar-refractivity contribution >= 4 is 0 Å². The molecule has 12 heteroatoms. The molecule has 0 bridgehead atoms. The Balaban J connectivity index is 0.000000267. The summed E-state index contributed by atoms with van der Waals surface area (Å²) in [6.07, 6.45) is 1.83. The Morgan fingerprint density at radius 2 is 0.600 bits per heavy atom. The van der Waals surface area contributed by atoms with Gasteiger partial charge in [0.15, 0.2) is 0 Å². The Kier molecular flexibility index (Phi) is 19.2. The number of methoxy groups -OCH3 is 4. The molecule has 0 aromatic heterocycles. The topological polar surface area (TPSA) is 155 Å². The smallest absolute Gasteiger partial charge is 0.107 e. The van der Waals surface area contributed by atoms with Crippen LogP contribution in [0.3, 0.4) is 0 Å². The van der Waals surface area contributed by atoms with E-state index in [0.29, 0.717) is 26.4 Å². The summed E-state index contributed by atoms with van der Waals surface area (Å²) in [5.41, 5.74) is 0. The van der Waals surface area contributed by atoms with Crippen LogP contribution in [0.4, 0.5) is 0 Å². The molecule has 12 nitrogen and oxygen atoms in total.